The summed E-state index contributed by atoms with van der Waals surface area (Å²) in [6.45, 7) is 3.46. The molecule has 0 aliphatic carbocycles. The second kappa shape index (κ2) is 41.3. The summed E-state index contributed by atoms with van der Waals surface area (Å²) in [5, 5.41) is 30.9. The molecule has 0 aromatic carbocycles. The Kier molecular flexibility index (Phi) is 37.5. The van der Waals surface area contributed by atoms with E-state index in [0.717, 1.165) is 103 Å². The van der Waals surface area contributed by atoms with Crippen LogP contribution in [0.1, 0.15) is 142 Å². The number of ether oxygens (including phenoxy) is 4. The number of unbranched alkanes of at least 4 members (excludes halogenated alkanes) is 6. The average Bonchev–Trinajstić information content (AvgIpc) is 3.28. The van der Waals surface area contributed by atoms with Gasteiger partial charge in [-0.25, -0.2) is 0 Å². The first-order valence-corrected chi connectivity index (χ1v) is 25.7. The molecule has 0 aromatic heterocycles. The lowest BCUT2D eigenvalue weighted by molar-refractivity contribution is -0.297. The average molecular weight is 943 g/mol. The van der Waals surface area contributed by atoms with E-state index in [4.69, 9.17) is 18.9 Å². The Morgan fingerprint density at radius 2 is 0.909 bits per heavy atom. The fraction of sp³-hybridized carbons (Fsp3) is 0.585. The van der Waals surface area contributed by atoms with E-state index in [-0.39, 0.29) is 19.4 Å². The van der Waals surface area contributed by atoms with E-state index in [9.17, 15) is 37.9 Å². The second-order valence-electron chi connectivity index (χ2n) is 16.0. The standard InChI is InChI=1S/C53H82O12S/c1-3-5-7-9-11-13-15-17-19-21-23-25-27-29-31-33-35-37-39-41-48(54)62-43-46(44-63-53-52(58)51(57)50(56)47(65-53)45-66(59,60)61)64-49(55)42-40-38-36-34-32-30-28-26-24-22-20-18-16-14-12-10-8-6-4-2/h5-8,11-14,17-20,23-26,29-32,46-47,50-53,56-58H,3-4,9-10,15-16,21-22,27-28,33-45H2,1-2H3,(H,59,60,61)/b7-5+,8-6+,13-11+,14-12+,19-17+,20-18+,25-23+,26-24+,31-29+,32-30+/t46-,47-,50-,51?,52?,53+/m1/s1. The number of hydrogen-bond acceptors (Lipinski definition) is 11. The van der Waals surface area contributed by atoms with E-state index < -0.39 is 71.2 Å². The van der Waals surface area contributed by atoms with Gasteiger partial charge in [-0.1, -0.05) is 148 Å². The molecule has 0 radical (unpaired) electrons. The minimum Gasteiger partial charge on any atom is -0.462 e. The molecule has 1 saturated heterocycles. The maximum atomic E-state index is 12.8. The summed E-state index contributed by atoms with van der Waals surface area (Å²) in [6, 6.07) is 0. The molecule has 6 atom stereocenters. The molecule has 1 aliphatic rings. The molecule has 66 heavy (non-hydrogen) atoms. The van der Waals surface area contributed by atoms with Crippen molar-refractivity contribution in [2.75, 3.05) is 19.0 Å². The van der Waals surface area contributed by atoms with Crippen molar-refractivity contribution in [2.45, 2.75) is 179 Å². The van der Waals surface area contributed by atoms with Crippen LogP contribution in [0.4, 0.5) is 0 Å². The largest absolute Gasteiger partial charge is 0.462 e. The predicted molar refractivity (Wildman–Crippen MR) is 265 cm³/mol. The van der Waals surface area contributed by atoms with Gasteiger partial charge in [0.2, 0.25) is 0 Å². The van der Waals surface area contributed by atoms with Crippen LogP contribution in [-0.2, 0) is 38.7 Å². The zero-order chi connectivity index (χ0) is 48.4. The predicted octanol–water partition coefficient (Wildman–Crippen LogP) is 10.6. The van der Waals surface area contributed by atoms with E-state index in [2.05, 4.69) is 135 Å². The van der Waals surface area contributed by atoms with Gasteiger partial charge in [-0.05, 0) is 103 Å². The van der Waals surface area contributed by atoms with Gasteiger partial charge in [0.25, 0.3) is 10.1 Å². The molecule has 1 fully saturated rings. The molecule has 0 aromatic rings. The van der Waals surface area contributed by atoms with Gasteiger partial charge >= 0.3 is 11.9 Å². The Bertz CT molecular complexity index is 1670. The SMILES string of the molecule is CC/C=C/C/C=C/C/C=C/C/C=C/C/C=C/CCCCCC(=O)OC[C@H](CO[C@H]1O[C@H](CS(=O)(=O)O)[C@@H](O)C(O)C1O)OC(=O)CCCCC/C=C/C/C=C/C/C=C/C/C=C/C/C=C/CC. The summed E-state index contributed by atoms with van der Waals surface area (Å²) in [5.41, 5.74) is 0. The highest BCUT2D eigenvalue weighted by atomic mass is 32.2. The number of carbonyl (C=O) groups is 2. The van der Waals surface area contributed by atoms with Crippen molar-refractivity contribution in [3.63, 3.8) is 0 Å². The second-order valence-corrected chi connectivity index (χ2v) is 17.5. The highest BCUT2D eigenvalue weighted by Gasteiger charge is 2.46. The smallest absolute Gasteiger partial charge is 0.306 e. The number of allylic oxidation sites excluding steroid dienone is 20. The molecular formula is C53H82O12S. The van der Waals surface area contributed by atoms with E-state index >= 15 is 0 Å². The molecule has 13 heteroatoms. The normalized spacial score (nSPS) is 20.5. The summed E-state index contributed by atoms with van der Waals surface area (Å²) < 4.78 is 54.1. The van der Waals surface area contributed by atoms with Crippen molar-refractivity contribution >= 4 is 22.1 Å². The lowest BCUT2D eigenvalue weighted by Gasteiger charge is -2.40. The third-order valence-electron chi connectivity index (χ3n) is 10.0. The highest BCUT2D eigenvalue weighted by molar-refractivity contribution is 7.85. The summed E-state index contributed by atoms with van der Waals surface area (Å²) in [7, 11) is -4.62. The van der Waals surface area contributed by atoms with Crippen molar-refractivity contribution in [2.24, 2.45) is 0 Å². The van der Waals surface area contributed by atoms with E-state index in [0.29, 0.717) is 12.8 Å². The Hall–Kier alpha value is -3.95. The van der Waals surface area contributed by atoms with Crippen LogP contribution in [0.15, 0.2) is 122 Å². The maximum Gasteiger partial charge on any atom is 0.306 e. The van der Waals surface area contributed by atoms with Crippen LogP contribution in [0.5, 0.6) is 0 Å². The first-order chi connectivity index (χ1) is 32.0. The van der Waals surface area contributed by atoms with E-state index in [1.807, 2.05) is 0 Å². The summed E-state index contributed by atoms with van der Waals surface area (Å²) in [5.74, 6) is -2.09. The lowest BCUT2D eigenvalue weighted by Crippen LogP contribution is -2.60. The van der Waals surface area contributed by atoms with Gasteiger partial charge in [0.1, 0.15) is 36.8 Å². The topological polar surface area (TPSA) is 186 Å². The van der Waals surface area contributed by atoms with Gasteiger partial charge in [-0.3, -0.25) is 14.1 Å². The fourth-order valence-electron chi connectivity index (χ4n) is 6.37. The summed E-state index contributed by atoms with van der Waals surface area (Å²) >= 11 is 0. The lowest BCUT2D eigenvalue weighted by atomic mass is 10.00. The van der Waals surface area contributed by atoms with Crippen LogP contribution in [0, 0.1) is 0 Å². The van der Waals surface area contributed by atoms with E-state index in [1.54, 1.807) is 0 Å². The van der Waals surface area contributed by atoms with Crippen LogP contribution in [-0.4, -0.2) is 96.0 Å². The van der Waals surface area contributed by atoms with Gasteiger partial charge in [-0.2, -0.15) is 8.42 Å². The number of rotatable bonds is 38. The van der Waals surface area contributed by atoms with Gasteiger partial charge in [0, 0.05) is 12.8 Å². The Morgan fingerprint density at radius 3 is 1.32 bits per heavy atom. The summed E-state index contributed by atoms with van der Waals surface area (Å²) in [6.07, 6.45) is 49.5. The Morgan fingerprint density at radius 1 is 0.515 bits per heavy atom. The fourth-order valence-corrected chi connectivity index (χ4v) is 7.07. The Labute approximate surface area is 397 Å². The first-order valence-electron chi connectivity index (χ1n) is 24.1. The van der Waals surface area contributed by atoms with Crippen molar-refractivity contribution in [1.82, 2.24) is 0 Å². The zero-order valence-electron chi connectivity index (χ0n) is 39.7. The minimum absolute atomic E-state index is 0.109. The molecule has 0 amide bonds. The van der Waals surface area contributed by atoms with Crippen LogP contribution in [0.2, 0.25) is 0 Å². The first kappa shape index (κ1) is 60.1. The number of esters is 2. The number of aliphatic hydroxyl groups excluding tert-OH is 3. The molecule has 1 rings (SSSR count). The van der Waals surface area contributed by atoms with Gasteiger partial charge in [-0.15, -0.1) is 0 Å². The number of carbonyl (C=O) groups excluding carboxylic acids is 2. The van der Waals surface area contributed by atoms with Crippen LogP contribution < -0.4 is 0 Å². The maximum absolute atomic E-state index is 12.8. The van der Waals surface area contributed by atoms with Crippen LogP contribution in [0.3, 0.4) is 0 Å². The Balaban J connectivity index is 2.48. The molecule has 0 saturated carbocycles. The monoisotopic (exact) mass is 943 g/mol. The molecule has 4 N–H and O–H groups in total. The summed E-state index contributed by atoms with van der Waals surface area (Å²) in [4.78, 5) is 25.5. The molecule has 372 valence electrons. The zero-order valence-corrected chi connectivity index (χ0v) is 40.6. The molecule has 1 heterocycles. The van der Waals surface area contributed by atoms with Gasteiger partial charge in [0.05, 0.1) is 6.61 Å². The van der Waals surface area contributed by atoms with Crippen molar-refractivity contribution in [1.29, 1.82) is 0 Å². The quantitative estimate of drug-likeness (QED) is 0.0199. The van der Waals surface area contributed by atoms with Gasteiger partial charge in [0.15, 0.2) is 12.4 Å². The minimum atomic E-state index is -4.62. The highest BCUT2D eigenvalue weighted by Crippen LogP contribution is 2.24. The molecule has 12 nitrogen and oxygen atoms in total. The molecule has 0 bridgehead atoms. The molecule has 1 aliphatic heterocycles. The van der Waals surface area contributed by atoms with Crippen molar-refractivity contribution in [3.8, 4) is 0 Å². The third-order valence-corrected chi connectivity index (χ3v) is 10.8. The molecule has 2 unspecified atom stereocenters. The van der Waals surface area contributed by atoms with Crippen molar-refractivity contribution in [3.05, 3.63) is 122 Å². The van der Waals surface area contributed by atoms with Gasteiger partial charge < -0.3 is 34.3 Å². The van der Waals surface area contributed by atoms with Crippen molar-refractivity contribution < 1.29 is 56.8 Å². The number of aliphatic hydroxyl groups is 3. The third kappa shape index (κ3) is 35.3. The molecular weight excluding hydrogens is 861 g/mol. The molecule has 0 spiro atoms. The number of hydrogen-bond donors (Lipinski definition) is 4. The van der Waals surface area contributed by atoms with Crippen LogP contribution in [0.25, 0.3) is 0 Å². The van der Waals surface area contributed by atoms with Crippen LogP contribution >= 0.6 is 0 Å². The van der Waals surface area contributed by atoms with E-state index in [1.165, 1.54) is 0 Å².